The molecule has 3 heteroatoms. The Kier molecular flexibility index (Phi) is 14.9. The predicted octanol–water partition coefficient (Wildman–Crippen LogP) is 5.37. The fraction of sp³-hybridized carbons (Fsp3) is 0.500. The molecule has 0 aliphatic heterocycles. The van der Waals surface area contributed by atoms with Crippen molar-refractivity contribution < 1.29 is 14.6 Å². The number of allylic oxidation sites excluding steroid dienone is 6. The van der Waals surface area contributed by atoms with Gasteiger partial charge in [0.05, 0.1) is 12.5 Å². The molecule has 0 heterocycles. The van der Waals surface area contributed by atoms with Crippen LogP contribution in [0.25, 0.3) is 0 Å². The molecule has 0 spiro atoms. The van der Waals surface area contributed by atoms with E-state index >= 15 is 0 Å². The van der Waals surface area contributed by atoms with Gasteiger partial charge in [0.1, 0.15) is 0 Å². The molecule has 0 aromatic heterocycles. The van der Waals surface area contributed by atoms with Gasteiger partial charge in [-0.3, -0.25) is 4.79 Å². The van der Waals surface area contributed by atoms with Gasteiger partial charge in [0.25, 0.3) is 0 Å². The van der Waals surface area contributed by atoms with Crippen LogP contribution in [0, 0.1) is 0 Å². The number of unbranched alkanes of at least 4 members (excludes halogenated alkanes) is 4. The van der Waals surface area contributed by atoms with Gasteiger partial charge in [-0.25, -0.2) is 0 Å². The number of carboxylic acid groups (broad SMARTS) is 1. The monoisotopic (exact) mass is 292 g/mol. The van der Waals surface area contributed by atoms with Gasteiger partial charge in [0.2, 0.25) is 0 Å². The lowest BCUT2D eigenvalue weighted by molar-refractivity contribution is -0.137. The molecule has 118 valence electrons. The van der Waals surface area contributed by atoms with Gasteiger partial charge in [0, 0.05) is 6.42 Å². The molecule has 21 heavy (non-hydrogen) atoms. The van der Waals surface area contributed by atoms with Gasteiger partial charge < -0.3 is 9.84 Å². The Balaban J connectivity index is 3.35. The molecule has 0 aliphatic rings. The van der Waals surface area contributed by atoms with Crippen LogP contribution in [-0.2, 0) is 9.53 Å². The summed E-state index contributed by atoms with van der Waals surface area (Å²) in [5, 5.41) is 8.49. The van der Waals surface area contributed by atoms with Crippen molar-refractivity contribution in [3.8, 4) is 0 Å². The Morgan fingerprint density at radius 2 is 1.76 bits per heavy atom. The van der Waals surface area contributed by atoms with Crippen molar-refractivity contribution in [1.29, 1.82) is 0 Å². The lowest BCUT2D eigenvalue weighted by Gasteiger charge is -1.96. The lowest BCUT2D eigenvalue weighted by Crippen LogP contribution is -1.93. The van der Waals surface area contributed by atoms with Crippen LogP contribution in [0.4, 0.5) is 0 Å². The molecule has 0 atom stereocenters. The van der Waals surface area contributed by atoms with Crippen LogP contribution in [-0.4, -0.2) is 11.1 Å². The maximum absolute atomic E-state index is 10.3. The van der Waals surface area contributed by atoms with E-state index in [1.54, 1.807) is 12.5 Å². The normalized spacial score (nSPS) is 12.2. The molecule has 0 saturated heterocycles. The highest BCUT2D eigenvalue weighted by Crippen LogP contribution is 2.05. The highest BCUT2D eigenvalue weighted by molar-refractivity contribution is 5.66. The van der Waals surface area contributed by atoms with Gasteiger partial charge in [-0.15, -0.1) is 0 Å². The highest BCUT2D eigenvalue weighted by atomic mass is 16.5. The van der Waals surface area contributed by atoms with Crippen molar-refractivity contribution in [2.24, 2.45) is 0 Å². The van der Waals surface area contributed by atoms with E-state index in [-0.39, 0.29) is 6.42 Å². The minimum absolute atomic E-state index is 0.283. The fourth-order valence-corrected chi connectivity index (χ4v) is 1.65. The first-order valence-corrected chi connectivity index (χ1v) is 7.76. The van der Waals surface area contributed by atoms with Crippen LogP contribution >= 0.6 is 0 Å². The zero-order valence-electron chi connectivity index (χ0n) is 13.0. The maximum Gasteiger partial charge on any atom is 0.303 e. The van der Waals surface area contributed by atoms with Crippen molar-refractivity contribution >= 4 is 5.97 Å². The van der Waals surface area contributed by atoms with Crippen LogP contribution in [0.5, 0.6) is 0 Å². The second-order valence-corrected chi connectivity index (χ2v) is 4.73. The van der Waals surface area contributed by atoms with Gasteiger partial charge in [0.15, 0.2) is 0 Å². The molecule has 0 aromatic carbocycles. The zero-order valence-corrected chi connectivity index (χ0v) is 13.0. The molecule has 0 saturated carbocycles. The summed E-state index contributed by atoms with van der Waals surface area (Å²) in [6.45, 7) is 2.12. The first-order chi connectivity index (χ1) is 10.3. The third-order valence-corrected chi connectivity index (χ3v) is 2.77. The number of carboxylic acids is 1. The Morgan fingerprint density at radius 3 is 2.52 bits per heavy atom. The van der Waals surface area contributed by atoms with E-state index in [4.69, 9.17) is 9.84 Å². The van der Waals surface area contributed by atoms with Crippen molar-refractivity contribution in [3.05, 3.63) is 49.0 Å². The molecule has 0 bridgehead atoms. The van der Waals surface area contributed by atoms with E-state index in [1.165, 1.54) is 0 Å². The number of aliphatic carboxylic acids is 1. The summed E-state index contributed by atoms with van der Waals surface area (Å²) in [6, 6.07) is 0. The largest absolute Gasteiger partial charge is 0.481 e. The lowest BCUT2D eigenvalue weighted by atomic mass is 10.1. The quantitative estimate of drug-likeness (QED) is 0.215. The van der Waals surface area contributed by atoms with E-state index < -0.39 is 5.97 Å². The molecule has 0 aromatic rings. The van der Waals surface area contributed by atoms with Gasteiger partial charge in [-0.05, 0) is 44.3 Å². The maximum atomic E-state index is 10.3. The Labute approximate surface area is 128 Å². The second-order valence-electron chi connectivity index (χ2n) is 4.73. The number of rotatable bonds is 13. The Hall–Kier alpha value is -1.77. The number of ether oxygens (including phenoxy) is 1. The SMILES string of the molecule is CC/C=C\C/C=C\C=C\O/C=C/CCCCCCC(=O)O. The average Bonchev–Trinajstić information content (AvgIpc) is 2.46. The van der Waals surface area contributed by atoms with Gasteiger partial charge >= 0.3 is 5.97 Å². The first-order valence-electron chi connectivity index (χ1n) is 7.76. The van der Waals surface area contributed by atoms with Crippen LogP contribution in [0.1, 0.15) is 58.3 Å². The zero-order chi connectivity index (χ0) is 15.6. The van der Waals surface area contributed by atoms with Gasteiger partial charge in [-0.2, -0.15) is 0 Å². The minimum Gasteiger partial charge on any atom is -0.481 e. The number of hydrogen-bond acceptors (Lipinski definition) is 2. The molecule has 0 rings (SSSR count). The molecule has 1 N–H and O–H groups in total. The molecule has 0 amide bonds. The predicted molar refractivity (Wildman–Crippen MR) is 87.9 cm³/mol. The van der Waals surface area contributed by atoms with Crippen LogP contribution in [0.3, 0.4) is 0 Å². The summed E-state index contributed by atoms with van der Waals surface area (Å²) in [5.41, 5.74) is 0. The molecule has 3 nitrogen and oxygen atoms in total. The summed E-state index contributed by atoms with van der Waals surface area (Å²) in [4.78, 5) is 10.3. The van der Waals surface area contributed by atoms with Crippen LogP contribution < -0.4 is 0 Å². The number of carbonyl (C=O) groups is 1. The van der Waals surface area contributed by atoms with Crippen LogP contribution in [0.2, 0.25) is 0 Å². The highest BCUT2D eigenvalue weighted by Gasteiger charge is 1.95. The minimum atomic E-state index is -0.703. The van der Waals surface area contributed by atoms with Gasteiger partial charge in [-0.1, -0.05) is 44.1 Å². The van der Waals surface area contributed by atoms with E-state index in [1.807, 2.05) is 18.2 Å². The standard InChI is InChI=1S/C18H28O3/c1-2-3-4-5-7-10-13-16-21-17-14-11-8-6-9-12-15-18(19)20/h3-4,7,10,13-14,16-17H,2,5-6,8-9,11-12,15H2,1H3,(H,19,20)/b4-3-,10-7-,16-13+,17-14+. The number of hydrogen-bond donors (Lipinski definition) is 1. The molecule has 0 fully saturated rings. The molecule has 0 aliphatic carbocycles. The van der Waals surface area contributed by atoms with E-state index in [0.29, 0.717) is 0 Å². The second kappa shape index (κ2) is 16.3. The molecular weight excluding hydrogens is 264 g/mol. The summed E-state index contributed by atoms with van der Waals surface area (Å²) in [7, 11) is 0. The van der Waals surface area contributed by atoms with E-state index in [9.17, 15) is 4.79 Å². The average molecular weight is 292 g/mol. The fourth-order valence-electron chi connectivity index (χ4n) is 1.65. The van der Waals surface area contributed by atoms with E-state index in [2.05, 4.69) is 25.2 Å². The third kappa shape index (κ3) is 18.2. The molecule has 0 unspecified atom stereocenters. The molecule has 0 radical (unpaired) electrons. The molecular formula is C18H28O3. The third-order valence-electron chi connectivity index (χ3n) is 2.77. The summed E-state index contributed by atoms with van der Waals surface area (Å²) in [5.74, 6) is -0.703. The topological polar surface area (TPSA) is 46.5 Å². The van der Waals surface area contributed by atoms with Crippen molar-refractivity contribution in [2.75, 3.05) is 0 Å². The smallest absolute Gasteiger partial charge is 0.303 e. The Morgan fingerprint density at radius 1 is 0.952 bits per heavy atom. The van der Waals surface area contributed by atoms with Crippen molar-refractivity contribution in [1.82, 2.24) is 0 Å². The Bertz CT molecular complexity index is 351. The first kappa shape index (κ1) is 19.2. The summed E-state index contributed by atoms with van der Waals surface area (Å²) < 4.78 is 5.21. The van der Waals surface area contributed by atoms with E-state index in [0.717, 1.165) is 44.9 Å². The summed E-state index contributed by atoms with van der Waals surface area (Å²) in [6.07, 6.45) is 22.7. The van der Waals surface area contributed by atoms with Crippen molar-refractivity contribution in [3.63, 3.8) is 0 Å². The van der Waals surface area contributed by atoms with Crippen molar-refractivity contribution in [2.45, 2.75) is 58.3 Å². The summed E-state index contributed by atoms with van der Waals surface area (Å²) >= 11 is 0. The van der Waals surface area contributed by atoms with Crippen LogP contribution in [0.15, 0.2) is 49.0 Å².